The molecule has 0 unspecified atom stereocenters. The molecule has 0 atom stereocenters. The number of aromatic nitrogens is 1. The van der Waals surface area contributed by atoms with Gasteiger partial charge in [0.05, 0.1) is 35.8 Å². The molecule has 0 aliphatic carbocycles. The second-order valence-corrected chi connectivity index (χ2v) is 6.82. The van der Waals surface area contributed by atoms with E-state index >= 15 is 0 Å². The monoisotopic (exact) mass is 438 g/mol. The van der Waals surface area contributed by atoms with Crippen LogP contribution in [0.15, 0.2) is 47.8 Å². The molecule has 7 nitrogen and oxygen atoms in total. The lowest BCUT2D eigenvalue weighted by Crippen LogP contribution is -2.12. The molecule has 3 aromatic rings. The molecule has 0 amide bonds. The van der Waals surface area contributed by atoms with E-state index < -0.39 is 28.3 Å². The summed E-state index contributed by atoms with van der Waals surface area (Å²) in [5, 5.41) is 13.2. The SMILES string of the molecule is COc1ccc(OC(=O)Cc2csc(-c3ccc(C(F)(F)F)cc3)n2)c([N+](=O)[O-])c1. The maximum atomic E-state index is 12.7. The van der Waals surface area contributed by atoms with Gasteiger partial charge in [0.2, 0.25) is 5.75 Å². The molecular weight excluding hydrogens is 425 g/mol. The average Bonchev–Trinajstić information content (AvgIpc) is 3.15. The smallest absolute Gasteiger partial charge is 0.416 e. The Hall–Kier alpha value is -3.47. The van der Waals surface area contributed by atoms with Crippen LogP contribution in [0.25, 0.3) is 10.6 Å². The van der Waals surface area contributed by atoms with Crippen molar-refractivity contribution in [3.63, 3.8) is 0 Å². The Balaban J connectivity index is 1.71. The normalized spacial score (nSPS) is 11.2. The second-order valence-electron chi connectivity index (χ2n) is 5.96. The van der Waals surface area contributed by atoms with Gasteiger partial charge in [0.15, 0.2) is 0 Å². The van der Waals surface area contributed by atoms with Crippen molar-refractivity contribution in [3.05, 3.63) is 69.2 Å². The van der Waals surface area contributed by atoms with Gasteiger partial charge in [-0.2, -0.15) is 13.2 Å². The van der Waals surface area contributed by atoms with Crippen LogP contribution in [0.5, 0.6) is 11.5 Å². The first kappa shape index (κ1) is 21.2. The van der Waals surface area contributed by atoms with E-state index in [1.54, 1.807) is 5.38 Å². The molecule has 0 saturated carbocycles. The van der Waals surface area contributed by atoms with Crippen LogP contribution < -0.4 is 9.47 Å². The number of carbonyl (C=O) groups excluding carboxylic acids is 1. The molecule has 0 aliphatic rings. The topological polar surface area (TPSA) is 91.6 Å². The van der Waals surface area contributed by atoms with Crippen LogP contribution in [0.3, 0.4) is 0 Å². The molecule has 0 fully saturated rings. The van der Waals surface area contributed by atoms with Gasteiger partial charge < -0.3 is 9.47 Å². The number of rotatable bonds is 6. The Bertz CT molecular complexity index is 1080. The first-order chi connectivity index (χ1) is 14.2. The molecule has 0 spiro atoms. The standard InChI is InChI=1S/C19H13F3N2O5S/c1-28-14-6-7-16(15(9-14)24(26)27)29-17(25)8-13-10-30-18(23-13)11-2-4-12(5-3-11)19(20,21)22/h2-7,9-10H,8H2,1H3. The molecule has 2 aromatic carbocycles. The Morgan fingerprint density at radius 2 is 1.90 bits per heavy atom. The molecule has 11 heteroatoms. The Morgan fingerprint density at radius 1 is 1.20 bits per heavy atom. The molecule has 0 bridgehead atoms. The van der Waals surface area contributed by atoms with E-state index in [9.17, 15) is 28.1 Å². The van der Waals surface area contributed by atoms with Gasteiger partial charge in [-0.3, -0.25) is 14.9 Å². The lowest BCUT2D eigenvalue weighted by molar-refractivity contribution is -0.385. The summed E-state index contributed by atoms with van der Waals surface area (Å²) in [5.41, 5.74) is -0.395. The summed E-state index contributed by atoms with van der Waals surface area (Å²) in [6.07, 6.45) is -4.69. The third kappa shape index (κ3) is 4.92. The van der Waals surface area contributed by atoms with Gasteiger partial charge in [-0.05, 0) is 24.3 Å². The minimum Gasteiger partial charge on any atom is -0.496 e. The maximum absolute atomic E-state index is 12.7. The number of ether oxygens (including phenoxy) is 2. The number of halogens is 3. The largest absolute Gasteiger partial charge is 0.496 e. The summed E-state index contributed by atoms with van der Waals surface area (Å²) < 4.78 is 48.0. The number of nitro groups is 1. The first-order valence-corrected chi connectivity index (χ1v) is 9.20. The van der Waals surface area contributed by atoms with Gasteiger partial charge in [0.25, 0.3) is 0 Å². The Kier molecular flexibility index (Phi) is 6.01. The number of hydrogen-bond acceptors (Lipinski definition) is 7. The number of alkyl halides is 3. The minimum absolute atomic E-state index is 0.232. The number of hydrogen-bond donors (Lipinski definition) is 0. The van der Waals surface area contributed by atoms with Crippen LogP contribution in [0.2, 0.25) is 0 Å². The van der Waals surface area contributed by atoms with Gasteiger partial charge in [-0.1, -0.05) is 12.1 Å². The van der Waals surface area contributed by atoms with E-state index in [0.29, 0.717) is 16.3 Å². The van der Waals surface area contributed by atoms with Crippen LogP contribution in [-0.4, -0.2) is 23.0 Å². The van der Waals surface area contributed by atoms with Crippen molar-refractivity contribution in [2.75, 3.05) is 7.11 Å². The van der Waals surface area contributed by atoms with E-state index in [1.165, 1.54) is 31.4 Å². The maximum Gasteiger partial charge on any atom is 0.416 e. The number of carbonyl (C=O) groups is 1. The highest BCUT2D eigenvalue weighted by Crippen LogP contribution is 2.33. The summed E-state index contributed by atoms with van der Waals surface area (Å²) in [4.78, 5) is 26.9. The predicted octanol–water partition coefficient (Wildman–Crippen LogP) is 4.89. The predicted molar refractivity (Wildman–Crippen MR) is 102 cm³/mol. The van der Waals surface area contributed by atoms with Crippen molar-refractivity contribution in [1.82, 2.24) is 4.98 Å². The van der Waals surface area contributed by atoms with Crippen LogP contribution in [0.1, 0.15) is 11.3 Å². The van der Waals surface area contributed by atoms with Crippen molar-refractivity contribution < 1.29 is 32.4 Å². The summed E-state index contributed by atoms with van der Waals surface area (Å²) in [6, 6.07) is 8.30. The van der Waals surface area contributed by atoms with Crippen LogP contribution >= 0.6 is 11.3 Å². The zero-order valence-electron chi connectivity index (χ0n) is 15.3. The van der Waals surface area contributed by atoms with Crippen molar-refractivity contribution in [3.8, 4) is 22.1 Å². The minimum atomic E-state index is -4.43. The van der Waals surface area contributed by atoms with Gasteiger partial charge >= 0.3 is 17.8 Å². The third-order valence-electron chi connectivity index (χ3n) is 3.92. The highest BCUT2D eigenvalue weighted by Gasteiger charge is 2.30. The highest BCUT2D eigenvalue weighted by atomic mass is 32.1. The number of benzene rings is 2. The lowest BCUT2D eigenvalue weighted by atomic mass is 10.1. The van der Waals surface area contributed by atoms with Crippen LogP contribution in [-0.2, 0) is 17.4 Å². The molecule has 0 aliphatic heterocycles. The molecule has 0 N–H and O–H groups in total. The Morgan fingerprint density at radius 3 is 2.50 bits per heavy atom. The van der Waals surface area contributed by atoms with Crippen LogP contribution in [0, 0.1) is 10.1 Å². The fraction of sp³-hybridized carbons (Fsp3) is 0.158. The number of esters is 1. The molecular formula is C19H13F3N2O5S. The van der Waals surface area contributed by atoms with Crippen molar-refractivity contribution in [2.45, 2.75) is 12.6 Å². The summed E-state index contributed by atoms with van der Waals surface area (Å²) >= 11 is 1.15. The Labute approximate surface area is 171 Å². The van der Waals surface area contributed by atoms with E-state index in [-0.39, 0.29) is 17.9 Å². The number of methoxy groups -OCH3 is 1. The van der Waals surface area contributed by atoms with Crippen molar-refractivity contribution >= 4 is 23.0 Å². The van der Waals surface area contributed by atoms with E-state index in [0.717, 1.165) is 29.5 Å². The zero-order valence-corrected chi connectivity index (χ0v) is 16.1. The van der Waals surface area contributed by atoms with E-state index in [1.807, 2.05) is 0 Å². The van der Waals surface area contributed by atoms with Gasteiger partial charge in [0.1, 0.15) is 10.8 Å². The molecule has 1 heterocycles. The average molecular weight is 438 g/mol. The summed E-state index contributed by atoms with van der Waals surface area (Å²) in [7, 11) is 1.35. The summed E-state index contributed by atoms with van der Waals surface area (Å²) in [5.74, 6) is -0.765. The summed E-state index contributed by atoms with van der Waals surface area (Å²) in [6.45, 7) is 0. The van der Waals surface area contributed by atoms with Crippen molar-refractivity contribution in [2.24, 2.45) is 0 Å². The van der Waals surface area contributed by atoms with Crippen LogP contribution in [0.4, 0.5) is 18.9 Å². The molecule has 30 heavy (non-hydrogen) atoms. The number of thiazole rings is 1. The number of nitrogens with zero attached hydrogens (tertiary/aromatic N) is 2. The van der Waals surface area contributed by atoms with Gasteiger partial charge in [0, 0.05) is 10.9 Å². The fourth-order valence-electron chi connectivity index (χ4n) is 2.48. The third-order valence-corrected chi connectivity index (χ3v) is 4.86. The number of nitro benzene ring substituents is 1. The lowest BCUT2D eigenvalue weighted by Gasteiger charge is -2.06. The van der Waals surface area contributed by atoms with Gasteiger partial charge in [-0.15, -0.1) is 11.3 Å². The zero-order chi connectivity index (χ0) is 21.9. The highest BCUT2D eigenvalue weighted by molar-refractivity contribution is 7.13. The first-order valence-electron chi connectivity index (χ1n) is 8.32. The molecule has 1 aromatic heterocycles. The van der Waals surface area contributed by atoms with Gasteiger partial charge in [-0.25, -0.2) is 4.98 Å². The van der Waals surface area contributed by atoms with E-state index in [4.69, 9.17) is 9.47 Å². The fourth-order valence-corrected chi connectivity index (χ4v) is 3.31. The second kappa shape index (κ2) is 8.49. The van der Waals surface area contributed by atoms with Crippen molar-refractivity contribution in [1.29, 1.82) is 0 Å². The molecule has 0 saturated heterocycles. The van der Waals surface area contributed by atoms with E-state index in [2.05, 4.69) is 4.98 Å². The molecule has 0 radical (unpaired) electrons. The molecule has 3 rings (SSSR count). The quantitative estimate of drug-likeness (QED) is 0.235. The molecule has 156 valence electrons.